The van der Waals surface area contributed by atoms with Crippen molar-refractivity contribution in [2.45, 2.75) is 33.7 Å². The number of fused-ring (bicyclic) bond motifs is 1. The number of furan rings is 1. The van der Waals surface area contributed by atoms with Crippen LogP contribution in [-0.4, -0.2) is 6.54 Å². The number of benzene rings is 1. The third-order valence-corrected chi connectivity index (χ3v) is 3.76. The number of rotatable bonds is 5. The monoisotopic (exact) mass is 245 g/mol. The van der Waals surface area contributed by atoms with E-state index in [1.165, 1.54) is 5.39 Å². The Morgan fingerprint density at radius 3 is 2.50 bits per heavy atom. The van der Waals surface area contributed by atoms with Gasteiger partial charge in [-0.15, -0.1) is 0 Å². The Morgan fingerprint density at radius 1 is 1.11 bits per heavy atom. The lowest BCUT2D eigenvalue weighted by Crippen LogP contribution is -2.26. The van der Waals surface area contributed by atoms with Crippen LogP contribution in [0.25, 0.3) is 11.0 Å². The number of hydrogen-bond donors (Lipinski definition) is 1. The van der Waals surface area contributed by atoms with Crippen LogP contribution in [0.3, 0.4) is 0 Å². The second-order valence-corrected chi connectivity index (χ2v) is 5.54. The minimum absolute atomic E-state index is 0.263. The molecule has 2 heteroatoms. The Labute approximate surface area is 109 Å². The lowest BCUT2D eigenvalue weighted by Gasteiger charge is -2.19. The smallest absolute Gasteiger partial charge is 0.134 e. The van der Waals surface area contributed by atoms with E-state index in [-0.39, 0.29) is 6.04 Å². The van der Waals surface area contributed by atoms with Gasteiger partial charge in [0.05, 0.1) is 6.04 Å². The van der Waals surface area contributed by atoms with Crippen LogP contribution in [0.1, 0.15) is 39.5 Å². The fraction of sp³-hybridized carbons (Fsp3) is 0.500. The Balaban J connectivity index is 2.02. The van der Waals surface area contributed by atoms with Crippen molar-refractivity contribution >= 4 is 11.0 Å². The number of hydrogen-bond acceptors (Lipinski definition) is 2. The molecule has 0 aliphatic rings. The Hall–Kier alpha value is -1.28. The van der Waals surface area contributed by atoms with E-state index in [0.29, 0.717) is 11.8 Å². The molecular formula is C16H23NO. The summed E-state index contributed by atoms with van der Waals surface area (Å²) in [6.45, 7) is 9.99. The van der Waals surface area contributed by atoms with Gasteiger partial charge in [0.1, 0.15) is 11.3 Å². The molecule has 2 nitrogen and oxygen atoms in total. The molecule has 2 unspecified atom stereocenters. The van der Waals surface area contributed by atoms with E-state index in [2.05, 4.69) is 45.1 Å². The summed E-state index contributed by atoms with van der Waals surface area (Å²) in [5.41, 5.74) is 0.970. The standard InChI is InChI=1S/C16H23NO/c1-11(2)12(3)10-17-13(4)16-9-14-7-5-6-8-15(14)18-16/h5-9,11-13,17H,10H2,1-4H3. The zero-order valence-electron chi connectivity index (χ0n) is 11.7. The van der Waals surface area contributed by atoms with Gasteiger partial charge in [-0.05, 0) is 37.4 Å². The van der Waals surface area contributed by atoms with E-state index in [9.17, 15) is 0 Å². The molecule has 0 fully saturated rings. The molecule has 2 atom stereocenters. The highest BCUT2D eigenvalue weighted by molar-refractivity contribution is 5.77. The maximum Gasteiger partial charge on any atom is 0.134 e. The van der Waals surface area contributed by atoms with Gasteiger partial charge in [0, 0.05) is 5.39 Å². The van der Waals surface area contributed by atoms with Crippen molar-refractivity contribution < 1.29 is 4.42 Å². The second-order valence-electron chi connectivity index (χ2n) is 5.54. The van der Waals surface area contributed by atoms with E-state index in [1.54, 1.807) is 0 Å². The minimum Gasteiger partial charge on any atom is -0.459 e. The molecule has 1 aromatic carbocycles. The van der Waals surface area contributed by atoms with Crippen molar-refractivity contribution in [3.05, 3.63) is 36.1 Å². The largest absolute Gasteiger partial charge is 0.459 e. The van der Waals surface area contributed by atoms with Crippen molar-refractivity contribution in [1.29, 1.82) is 0 Å². The molecular weight excluding hydrogens is 222 g/mol. The average molecular weight is 245 g/mol. The highest BCUT2D eigenvalue weighted by Gasteiger charge is 2.13. The fourth-order valence-electron chi connectivity index (χ4n) is 1.91. The first-order chi connectivity index (χ1) is 8.58. The average Bonchev–Trinajstić information content (AvgIpc) is 2.79. The van der Waals surface area contributed by atoms with Crippen LogP contribution in [0.4, 0.5) is 0 Å². The van der Waals surface area contributed by atoms with Gasteiger partial charge < -0.3 is 9.73 Å². The summed E-state index contributed by atoms with van der Waals surface area (Å²) in [5.74, 6) is 2.41. The Kier molecular flexibility index (Phi) is 4.07. The fourth-order valence-corrected chi connectivity index (χ4v) is 1.91. The van der Waals surface area contributed by atoms with E-state index in [1.807, 2.05) is 18.2 Å². The first kappa shape index (κ1) is 13.2. The molecule has 0 saturated carbocycles. The molecule has 2 aromatic rings. The van der Waals surface area contributed by atoms with Gasteiger partial charge in [0.25, 0.3) is 0 Å². The SMILES string of the molecule is CC(NCC(C)C(C)C)c1cc2ccccc2o1. The molecule has 0 aliphatic heterocycles. The first-order valence-electron chi connectivity index (χ1n) is 6.79. The van der Waals surface area contributed by atoms with Crippen molar-refractivity contribution in [2.24, 2.45) is 11.8 Å². The van der Waals surface area contributed by atoms with Crippen LogP contribution in [0.5, 0.6) is 0 Å². The van der Waals surface area contributed by atoms with Gasteiger partial charge in [-0.3, -0.25) is 0 Å². The quantitative estimate of drug-likeness (QED) is 0.846. The van der Waals surface area contributed by atoms with E-state index in [4.69, 9.17) is 4.42 Å². The summed E-state index contributed by atoms with van der Waals surface area (Å²) < 4.78 is 5.86. The highest BCUT2D eigenvalue weighted by Crippen LogP contribution is 2.23. The van der Waals surface area contributed by atoms with Crippen LogP contribution in [0, 0.1) is 11.8 Å². The Bertz CT molecular complexity index is 468. The summed E-state index contributed by atoms with van der Waals surface area (Å²) in [6.07, 6.45) is 0. The molecule has 0 amide bonds. The van der Waals surface area contributed by atoms with Gasteiger partial charge in [-0.25, -0.2) is 0 Å². The molecule has 1 heterocycles. The van der Waals surface area contributed by atoms with Gasteiger partial charge in [0.15, 0.2) is 0 Å². The Morgan fingerprint density at radius 2 is 1.83 bits per heavy atom. The molecule has 0 saturated heterocycles. The highest BCUT2D eigenvalue weighted by atomic mass is 16.3. The maximum atomic E-state index is 5.86. The lowest BCUT2D eigenvalue weighted by molar-refractivity contribution is 0.358. The number of nitrogens with one attached hydrogen (secondary N) is 1. The van der Waals surface area contributed by atoms with Crippen LogP contribution in [0.2, 0.25) is 0 Å². The molecule has 0 aliphatic carbocycles. The summed E-state index contributed by atoms with van der Waals surface area (Å²) in [7, 11) is 0. The zero-order chi connectivity index (χ0) is 13.1. The normalized spacial score (nSPS) is 15.2. The topological polar surface area (TPSA) is 25.2 Å². The van der Waals surface area contributed by atoms with Gasteiger partial charge in [-0.2, -0.15) is 0 Å². The summed E-state index contributed by atoms with van der Waals surface area (Å²) in [4.78, 5) is 0. The molecule has 0 radical (unpaired) electrons. The molecule has 1 aromatic heterocycles. The van der Waals surface area contributed by atoms with Gasteiger partial charge in [0.2, 0.25) is 0 Å². The second kappa shape index (κ2) is 5.57. The van der Waals surface area contributed by atoms with Crippen molar-refractivity contribution in [1.82, 2.24) is 5.32 Å². The molecule has 0 spiro atoms. The molecule has 18 heavy (non-hydrogen) atoms. The van der Waals surface area contributed by atoms with Crippen LogP contribution in [0.15, 0.2) is 34.7 Å². The summed E-state index contributed by atoms with van der Waals surface area (Å²) in [5, 5.41) is 4.73. The van der Waals surface area contributed by atoms with Crippen LogP contribution < -0.4 is 5.32 Å². The van der Waals surface area contributed by atoms with Crippen LogP contribution >= 0.6 is 0 Å². The van der Waals surface area contributed by atoms with Gasteiger partial charge >= 0.3 is 0 Å². The van der Waals surface area contributed by atoms with Crippen molar-refractivity contribution in [2.75, 3.05) is 6.54 Å². The lowest BCUT2D eigenvalue weighted by atomic mass is 9.98. The molecule has 0 bridgehead atoms. The van der Waals surface area contributed by atoms with E-state index in [0.717, 1.165) is 17.9 Å². The van der Waals surface area contributed by atoms with E-state index < -0.39 is 0 Å². The summed E-state index contributed by atoms with van der Waals surface area (Å²) in [6, 6.07) is 10.6. The van der Waals surface area contributed by atoms with Crippen molar-refractivity contribution in [3.8, 4) is 0 Å². The third kappa shape index (κ3) is 2.94. The number of para-hydroxylation sites is 1. The van der Waals surface area contributed by atoms with Crippen molar-refractivity contribution in [3.63, 3.8) is 0 Å². The first-order valence-corrected chi connectivity index (χ1v) is 6.79. The molecule has 98 valence electrons. The van der Waals surface area contributed by atoms with Gasteiger partial charge in [-0.1, -0.05) is 39.0 Å². The summed E-state index contributed by atoms with van der Waals surface area (Å²) >= 11 is 0. The third-order valence-electron chi connectivity index (χ3n) is 3.76. The predicted octanol–water partition coefficient (Wildman–Crippen LogP) is 4.38. The van der Waals surface area contributed by atoms with Crippen LogP contribution in [-0.2, 0) is 0 Å². The minimum atomic E-state index is 0.263. The molecule has 1 N–H and O–H groups in total. The molecule has 2 rings (SSSR count). The maximum absolute atomic E-state index is 5.86. The predicted molar refractivity (Wildman–Crippen MR) is 76.6 cm³/mol. The van der Waals surface area contributed by atoms with E-state index >= 15 is 0 Å². The zero-order valence-corrected chi connectivity index (χ0v) is 11.7.